The molecule has 0 aliphatic carbocycles. The summed E-state index contributed by atoms with van der Waals surface area (Å²) in [6.45, 7) is 9.52. The summed E-state index contributed by atoms with van der Waals surface area (Å²) in [4.78, 5) is 11.7. The van der Waals surface area contributed by atoms with Crippen LogP contribution in [0.25, 0.3) is 0 Å². The van der Waals surface area contributed by atoms with Crippen molar-refractivity contribution in [1.82, 2.24) is 0 Å². The number of carbonyl (C=O) groups is 1. The maximum atomic E-state index is 11.7. The predicted octanol–water partition coefficient (Wildman–Crippen LogP) is 3.62. The first-order valence-electron chi connectivity index (χ1n) is 5.00. The number of allylic oxidation sites excluding steroid dienone is 1. The van der Waals surface area contributed by atoms with E-state index in [0.29, 0.717) is 18.6 Å². The molecule has 0 aromatic heterocycles. The smallest absolute Gasteiger partial charge is 0.335 e. The zero-order valence-corrected chi connectivity index (χ0v) is 11.5. The van der Waals surface area contributed by atoms with Gasteiger partial charge in [0, 0.05) is 5.75 Å². The maximum absolute atomic E-state index is 11.7. The molecule has 0 saturated carbocycles. The lowest BCUT2D eigenvalue weighted by atomic mass is 10.2. The van der Waals surface area contributed by atoms with Crippen LogP contribution < -0.4 is 0 Å². The van der Waals surface area contributed by atoms with Gasteiger partial charge in [0.05, 0.1) is 16.4 Å². The summed E-state index contributed by atoms with van der Waals surface area (Å²) in [7, 11) is 0. The summed E-state index contributed by atoms with van der Waals surface area (Å²) in [5, 5.41) is 0. The van der Waals surface area contributed by atoms with Crippen molar-refractivity contribution in [2.45, 2.75) is 13.3 Å². The minimum Gasteiger partial charge on any atom is -0.463 e. The Morgan fingerprint density at radius 3 is 2.50 bits per heavy atom. The van der Waals surface area contributed by atoms with Crippen LogP contribution in [0.3, 0.4) is 0 Å². The number of carbonyl (C=O) groups excluding carboxylic acids is 1. The Hall–Kier alpha value is -0.610. The summed E-state index contributed by atoms with van der Waals surface area (Å²) in [5.74, 6) is 0.541. The third-order valence-electron chi connectivity index (χ3n) is 1.63. The second-order valence-corrected chi connectivity index (χ2v) is 4.89. The molecule has 0 spiro atoms. The first-order valence-corrected chi connectivity index (χ1v) is 7.21. The van der Waals surface area contributed by atoms with E-state index in [2.05, 4.69) is 13.2 Å². The van der Waals surface area contributed by atoms with Gasteiger partial charge in [-0.1, -0.05) is 12.2 Å². The third-order valence-corrected chi connectivity index (χ3v) is 4.02. The molecular formula is C12H18O2S2. The number of hydrogen-bond acceptors (Lipinski definition) is 4. The Balaban J connectivity index is 4.89. The van der Waals surface area contributed by atoms with Crippen molar-refractivity contribution in [3.8, 4) is 0 Å². The zero-order valence-electron chi connectivity index (χ0n) is 9.82. The molecule has 16 heavy (non-hydrogen) atoms. The van der Waals surface area contributed by atoms with Crippen molar-refractivity contribution in [2.75, 3.05) is 18.6 Å². The molecule has 0 radical (unpaired) electrons. The van der Waals surface area contributed by atoms with Crippen LogP contribution in [-0.4, -0.2) is 24.6 Å². The van der Waals surface area contributed by atoms with E-state index in [1.165, 1.54) is 0 Å². The Labute approximate surface area is 106 Å². The molecule has 0 unspecified atom stereocenters. The summed E-state index contributed by atoms with van der Waals surface area (Å²) < 4.78 is 6.01. The van der Waals surface area contributed by atoms with E-state index in [0.717, 1.165) is 9.99 Å². The van der Waals surface area contributed by atoms with Gasteiger partial charge in [-0.15, -0.1) is 36.7 Å². The third kappa shape index (κ3) is 5.47. The number of hydrogen-bond donors (Lipinski definition) is 0. The van der Waals surface area contributed by atoms with E-state index < -0.39 is 0 Å². The van der Waals surface area contributed by atoms with Crippen LogP contribution in [0.15, 0.2) is 35.1 Å². The SMILES string of the molecule is C=CCS/C(SC)=C(/CC=C)C(=O)OCC. The number of rotatable bonds is 8. The van der Waals surface area contributed by atoms with Crippen LogP contribution in [0.1, 0.15) is 13.3 Å². The largest absolute Gasteiger partial charge is 0.463 e. The van der Waals surface area contributed by atoms with Crippen molar-refractivity contribution in [1.29, 1.82) is 0 Å². The quantitative estimate of drug-likeness (QED) is 0.377. The molecule has 0 fully saturated rings. The molecule has 0 saturated heterocycles. The highest BCUT2D eigenvalue weighted by atomic mass is 32.2. The fourth-order valence-electron chi connectivity index (χ4n) is 1.02. The van der Waals surface area contributed by atoms with Crippen LogP contribution in [0.4, 0.5) is 0 Å². The lowest BCUT2D eigenvalue weighted by Gasteiger charge is -2.10. The van der Waals surface area contributed by atoms with Crippen LogP contribution in [0, 0.1) is 0 Å². The molecule has 90 valence electrons. The fraction of sp³-hybridized carbons (Fsp3) is 0.417. The minimum absolute atomic E-state index is 0.247. The summed E-state index contributed by atoms with van der Waals surface area (Å²) in [6, 6.07) is 0. The van der Waals surface area contributed by atoms with Gasteiger partial charge in [-0.25, -0.2) is 4.79 Å². The van der Waals surface area contributed by atoms with Crippen LogP contribution in [0.2, 0.25) is 0 Å². The van der Waals surface area contributed by atoms with Crippen molar-refractivity contribution in [3.05, 3.63) is 35.1 Å². The standard InChI is InChI=1S/C12H18O2S2/c1-5-8-10(11(13)14-7-3)12(15-4)16-9-6-2/h5-6H,1-2,7-9H2,3-4H3/b12-10-. The van der Waals surface area contributed by atoms with Crippen molar-refractivity contribution in [3.63, 3.8) is 0 Å². The van der Waals surface area contributed by atoms with Gasteiger partial charge in [0.25, 0.3) is 0 Å². The summed E-state index contributed by atoms with van der Waals surface area (Å²) in [6.07, 6.45) is 6.03. The van der Waals surface area contributed by atoms with E-state index in [1.54, 1.807) is 36.5 Å². The van der Waals surface area contributed by atoms with Gasteiger partial charge in [-0.3, -0.25) is 0 Å². The monoisotopic (exact) mass is 258 g/mol. The zero-order chi connectivity index (χ0) is 12.4. The van der Waals surface area contributed by atoms with Gasteiger partial charge >= 0.3 is 5.97 Å². The Morgan fingerprint density at radius 2 is 2.06 bits per heavy atom. The van der Waals surface area contributed by atoms with Crippen LogP contribution >= 0.6 is 23.5 Å². The van der Waals surface area contributed by atoms with Gasteiger partial charge in [0.1, 0.15) is 0 Å². The van der Waals surface area contributed by atoms with Gasteiger partial charge < -0.3 is 4.74 Å². The highest BCUT2D eigenvalue weighted by Crippen LogP contribution is 2.31. The van der Waals surface area contributed by atoms with Gasteiger partial charge in [-0.2, -0.15) is 0 Å². The highest BCUT2D eigenvalue weighted by molar-refractivity contribution is 8.22. The highest BCUT2D eigenvalue weighted by Gasteiger charge is 2.15. The topological polar surface area (TPSA) is 26.3 Å². The lowest BCUT2D eigenvalue weighted by Crippen LogP contribution is -2.08. The maximum Gasteiger partial charge on any atom is 0.335 e. The van der Waals surface area contributed by atoms with Gasteiger partial charge in [0.2, 0.25) is 0 Å². The first-order chi connectivity index (χ1) is 7.71. The molecule has 0 bridgehead atoms. The predicted molar refractivity (Wildman–Crippen MR) is 74.6 cm³/mol. The normalized spacial score (nSPS) is 11.6. The van der Waals surface area contributed by atoms with E-state index in [-0.39, 0.29) is 5.97 Å². The number of thioether (sulfide) groups is 2. The molecule has 0 heterocycles. The summed E-state index contributed by atoms with van der Waals surface area (Å²) >= 11 is 3.16. The second kappa shape index (κ2) is 9.60. The molecule has 0 aromatic carbocycles. The van der Waals surface area contributed by atoms with Crippen molar-refractivity contribution in [2.24, 2.45) is 0 Å². The van der Waals surface area contributed by atoms with Gasteiger partial charge in [-0.05, 0) is 19.6 Å². The van der Waals surface area contributed by atoms with Crippen molar-refractivity contribution < 1.29 is 9.53 Å². The molecule has 0 aliphatic heterocycles. The molecule has 0 atom stereocenters. The van der Waals surface area contributed by atoms with Crippen molar-refractivity contribution >= 4 is 29.5 Å². The molecule has 4 heteroatoms. The average molecular weight is 258 g/mol. The molecule has 0 aromatic rings. The minimum atomic E-state index is -0.247. The molecular weight excluding hydrogens is 240 g/mol. The van der Waals surface area contributed by atoms with E-state index in [1.807, 2.05) is 12.3 Å². The van der Waals surface area contributed by atoms with Crippen LogP contribution in [0.5, 0.6) is 0 Å². The number of ether oxygens (including phenoxy) is 1. The Morgan fingerprint density at radius 1 is 1.38 bits per heavy atom. The van der Waals surface area contributed by atoms with Gasteiger partial charge in [0.15, 0.2) is 0 Å². The van der Waals surface area contributed by atoms with E-state index >= 15 is 0 Å². The first kappa shape index (κ1) is 15.4. The van der Waals surface area contributed by atoms with E-state index in [4.69, 9.17) is 4.74 Å². The Bertz CT molecular complexity index is 283. The van der Waals surface area contributed by atoms with Crippen LogP contribution in [-0.2, 0) is 9.53 Å². The lowest BCUT2D eigenvalue weighted by molar-refractivity contribution is -0.138. The van der Waals surface area contributed by atoms with E-state index in [9.17, 15) is 4.79 Å². The molecule has 0 N–H and O–H groups in total. The average Bonchev–Trinajstić information content (AvgIpc) is 2.28. The molecule has 0 rings (SSSR count). The number of esters is 1. The molecule has 0 aliphatic rings. The fourth-order valence-corrected chi connectivity index (χ4v) is 2.72. The molecule has 2 nitrogen and oxygen atoms in total. The Kier molecular flexibility index (Phi) is 9.24. The molecule has 0 amide bonds. The second-order valence-electron chi connectivity index (χ2n) is 2.78. The summed E-state index contributed by atoms with van der Waals surface area (Å²) in [5.41, 5.74) is 0.691.